The number of phenolic OH excluding ortho intramolecular Hbond substituents is 1. The Morgan fingerprint density at radius 3 is 2.50 bits per heavy atom. The molecule has 1 atom stereocenters. The van der Waals surface area contributed by atoms with Crippen LogP contribution in [0, 0.1) is 12.7 Å². The fourth-order valence-corrected chi connectivity index (χ4v) is 4.72. The third-order valence-electron chi connectivity index (χ3n) is 6.08. The second kappa shape index (κ2) is 8.75. The molecule has 168 valence electrons. The van der Waals surface area contributed by atoms with Crippen LogP contribution in [0.25, 0.3) is 10.9 Å². The summed E-state index contributed by atoms with van der Waals surface area (Å²) < 4.78 is 22.1. The van der Waals surface area contributed by atoms with Gasteiger partial charge in [0.1, 0.15) is 6.10 Å². The van der Waals surface area contributed by atoms with Gasteiger partial charge in [0.25, 0.3) is 5.91 Å². The minimum absolute atomic E-state index is 0.0202. The molecule has 1 unspecified atom stereocenters. The van der Waals surface area contributed by atoms with Crippen LogP contribution >= 0.6 is 23.2 Å². The Bertz CT molecular complexity index is 1230. The zero-order valence-electron chi connectivity index (χ0n) is 17.6. The van der Waals surface area contributed by atoms with Crippen molar-refractivity contribution >= 4 is 46.0 Å². The summed E-state index contributed by atoms with van der Waals surface area (Å²) in [5, 5.41) is 10.5. The van der Waals surface area contributed by atoms with Crippen molar-refractivity contribution in [1.82, 2.24) is 4.57 Å². The van der Waals surface area contributed by atoms with E-state index in [0.717, 1.165) is 25.7 Å². The average Bonchev–Trinajstić information content (AvgIpc) is 3.37. The lowest BCUT2D eigenvalue weighted by atomic mass is 9.97. The topological polar surface area (TPSA) is 68.5 Å². The minimum atomic E-state index is -0.887. The number of rotatable bonds is 4. The van der Waals surface area contributed by atoms with Gasteiger partial charge in [0.05, 0.1) is 21.5 Å². The molecule has 4 rings (SSSR count). The van der Waals surface area contributed by atoms with Crippen LogP contribution in [0.3, 0.4) is 0 Å². The highest BCUT2D eigenvalue weighted by atomic mass is 35.5. The lowest BCUT2D eigenvalue weighted by Crippen LogP contribution is -2.20. The van der Waals surface area contributed by atoms with Gasteiger partial charge in [-0.1, -0.05) is 23.2 Å². The SMILES string of the molecule is Cc1c(C(C)C(=O)OC2CCCC2)c2c(F)c(O)ccc2n1C(=O)c1ccc(Cl)c(Cl)c1. The average molecular weight is 478 g/mol. The van der Waals surface area contributed by atoms with Crippen molar-refractivity contribution in [2.24, 2.45) is 0 Å². The molecule has 1 heterocycles. The molecule has 1 aromatic heterocycles. The fraction of sp³-hybridized carbons (Fsp3) is 0.333. The zero-order chi connectivity index (χ0) is 23.2. The molecule has 1 N–H and O–H groups in total. The first-order valence-electron chi connectivity index (χ1n) is 10.4. The molecule has 0 saturated heterocycles. The van der Waals surface area contributed by atoms with E-state index in [1.165, 1.54) is 34.9 Å². The van der Waals surface area contributed by atoms with E-state index in [0.29, 0.717) is 16.3 Å². The van der Waals surface area contributed by atoms with Gasteiger partial charge in [-0.15, -0.1) is 0 Å². The van der Waals surface area contributed by atoms with Gasteiger partial charge in [0.15, 0.2) is 11.6 Å². The summed E-state index contributed by atoms with van der Waals surface area (Å²) in [6, 6.07) is 7.10. The van der Waals surface area contributed by atoms with Crippen LogP contribution in [-0.4, -0.2) is 27.7 Å². The molecule has 1 fully saturated rings. The van der Waals surface area contributed by atoms with E-state index >= 15 is 4.39 Å². The number of aromatic hydroxyl groups is 1. The first-order chi connectivity index (χ1) is 15.2. The molecule has 2 aromatic carbocycles. The summed E-state index contributed by atoms with van der Waals surface area (Å²) in [5.41, 5.74) is 1.19. The standard InChI is InChI=1S/C24H22Cl2FNO4/c1-12(24(31)32-15-5-3-4-6-15)20-13(2)28(18-9-10-19(29)22(27)21(18)20)23(30)14-7-8-16(25)17(26)11-14/h7-12,15,29H,3-6H2,1-2H3. The summed E-state index contributed by atoms with van der Waals surface area (Å²) >= 11 is 12.0. The van der Waals surface area contributed by atoms with Crippen molar-refractivity contribution in [3.8, 4) is 5.75 Å². The number of halogens is 3. The molecule has 3 aromatic rings. The number of benzene rings is 2. The number of hydrogen-bond donors (Lipinski definition) is 1. The monoisotopic (exact) mass is 477 g/mol. The van der Waals surface area contributed by atoms with Gasteiger partial charge in [0, 0.05) is 16.6 Å². The normalized spacial score (nSPS) is 15.3. The molecule has 1 aliphatic carbocycles. The Hall–Kier alpha value is -2.57. The lowest BCUT2D eigenvalue weighted by molar-refractivity contribution is -0.150. The largest absolute Gasteiger partial charge is 0.505 e. The highest BCUT2D eigenvalue weighted by molar-refractivity contribution is 6.42. The Morgan fingerprint density at radius 2 is 1.84 bits per heavy atom. The van der Waals surface area contributed by atoms with Gasteiger partial charge in [-0.2, -0.15) is 0 Å². The summed E-state index contributed by atoms with van der Waals surface area (Å²) in [5.74, 6) is -3.23. The summed E-state index contributed by atoms with van der Waals surface area (Å²) in [6.07, 6.45) is 3.49. The second-order valence-corrected chi connectivity index (χ2v) is 8.94. The fourth-order valence-electron chi connectivity index (χ4n) is 4.42. The van der Waals surface area contributed by atoms with Crippen molar-refractivity contribution in [2.75, 3.05) is 0 Å². The maximum absolute atomic E-state index is 15.1. The van der Waals surface area contributed by atoms with Crippen LogP contribution in [0.5, 0.6) is 5.75 Å². The highest BCUT2D eigenvalue weighted by Crippen LogP contribution is 2.38. The van der Waals surface area contributed by atoms with E-state index in [1.54, 1.807) is 13.8 Å². The van der Waals surface area contributed by atoms with Crippen LogP contribution in [0.15, 0.2) is 30.3 Å². The molecule has 1 saturated carbocycles. The van der Waals surface area contributed by atoms with Crippen LogP contribution in [0.1, 0.15) is 60.1 Å². The van der Waals surface area contributed by atoms with E-state index in [2.05, 4.69) is 0 Å². The Labute approximate surface area is 194 Å². The summed E-state index contributed by atoms with van der Waals surface area (Å²) in [6.45, 7) is 3.26. The van der Waals surface area contributed by atoms with E-state index in [-0.39, 0.29) is 27.6 Å². The molecule has 0 aliphatic heterocycles. The van der Waals surface area contributed by atoms with Crippen molar-refractivity contribution in [3.05, 3.63) is 63.0 Å². The second-order valence-electron chi connectivity index (χ2n) is 8.13. The van der Waals surface area contributed by atoms with Gasteiger partial charge < -0.3 is 9.84 Å². The zero-order valence-corrected chi connectivity index (χ0v) is 19.1. The van der Waals surface area contributed by atoms with Crippen molar-refractivity contribution in [1.29, 1.82) is 0 Å². The summed E-state index contributed by atoms with van der Waals surface area (Å²) in [4.78, 5) is 26.3. The van der Waals surface area contributed by atoms with E-state index < -0.39 is 29.4 Å². The van der Waals surface area contributed by atoms with Gasteiger partial charge in [-0.25, -0.2) is 4.39 Å². The Kier molecular flexibility index (Phi) is 6.19. The molecule has 0 amide bonds. The number of carbonyl (C=O) groups is 2. The Morgan fingerprint density at radius 1 is 1.16 bits per heavy atom. The first-order valence-corrected chi connectivity index (χ1v) is 11.2. The third kappa shape index (κ3) is 3.86. The van der Waals surface area contributed by atoms with E-state index in [4.69, 9.17) is 27.9 Å². The van der Waals surface area contributed by atoms with E-state index in [1.807, 2.05) is 0 Å². The minimum Gasteiger partial charge on any atom is -0.505 e. The molecular formula is C24H22Cl2FNO4. The van der Waals surface area contributed by atoms with Crippen molar-refractivity contribution in [3.63, 3.8) is 0 Å². The maximum atomic E-state index is 15.1. The van der Waals surface area contributed by atoms with Crippen LogP contribution in [-0.2, 0) is 9.53 Å². The first kappa shape index (κ1) is 22.6. The van der Waals surface area contributed by atoms with E-state index in [9.17, 15) is 14.7 Å². The predicted molar refractivity (Wildman–Crippen MR) is 121 cm³/mol. The van der Waals surface area contributed by atoms with Crippen molar-refractivity contribution < 1.29 is 23.8 Å². The van der Waals surface area contributed by atoms with Crippen LogP contribution < -0.4 is 0 Å². The number of ether oxygens (including phenoxy) is 1. The molecule has 32 heavy (non-hydrogen) atoms. The van der Waals surface area contributed by atoms with Gasteiger partial charge >= 0.3 is 5.97 Å². The number of fused-ring (bicyclic) bond motifs is 1. The van der Waals surface area contributed by atoms with Gasteiger partial charge in [-0.3, -0.25) is 14.2 Å². The molecule has 0 bridgehead atoms. The molecule has 1 aliphatic rings. The number of carbonyl (C=O) groups excluding carboxylic acids is 2. The lowest BCUT2D eigenvalue weighted by Gasteiger charge is -2.17. The summed E-state index contributed by atoms with van der Waals surface area (Å²) in [7, 11) is 0. The highest BCUT2D eigenvalue weighted by Gasteiger charge is 2.31. The van der Waals surface area contributed by atoms with Crippen LogP contribution in [0.2, 0.25) is 10.0 Å². The van der Waals surface area contributed by atoms with Gasteiger partial charge in [-0.05, 0) is 75.4 Å². The number of phenols is 1. The third-order valence-corrected chi connectivity index (χ3v) is 6.82. The molecule has 0 radical (unpaired) electrons. The molecule has 8 heteroatoms. The molecule has 5 nitrogen and oxygen atoms in total. The van der Waals surface area contributed by atoms with Gasteiger partial charge in [0.2, 0.25) is 0 Å². The number of aromatic nitrogens is 1. The molecule has 0 spiro atoms. The van der Waals surface area contributed by atoms with Crippen LogP contribution in [0.4, 0.5) is 4.39 Å². The Balaban J connectivity index is 1.85. The van der Waals surface area contributed by atoms with Crippen molar-refractivity contribution in [2.45, 2.75) is 51.6 Å². The number of hydrogen-bond acceptors (Lipinski definition) is 4. The maximum Gasteiger partial charge on any atom is 0.313 e. The number of esters is 1. The predicted octanol–water partition coefficient (Wildman–Crippen LogP) is 6.38. The molecular weight excluding hydrogens is 456 g/mol. The smallest absolute Gasteiger partial charge is 0.313 e. The quantitative estimate of drug-likeness (QED) is 0.442. The number of nitrogens with zero attached hydrogens (tertiary/aromatic N) is 1.